The number of anilines is 1. The second kappa shape index (κ2) is 6.14. The maximum Gasteiger partial charge on any atom is 0.136 e. The lowest BCUT2D eigenvalue weighted by Gasteiger charge is -2.19. The van der Waals surface area contributed by atoms with E-state index in [1.807, 2.05) is 0 Å². The molecule has 18 heavy (non-hydrogen) atoms. The first-order valence-corrected chi connectivity index (χ1v) is 7.19. The van der Waals surface area contributed by atoms with Crippen LogP contribution in [0, 0.1) is 0 Å². The summed E-state index contributed by atoms with van der Waals surface area (Å²) in [4.78, 5) is 5.17. The molecule has 1 aliphatic carbocycles. The highest BCUT2D eigenvalue weighted by molar-refractivity contribution is 7.80. The molecule has 0 saturated heterocycles. The molecule has 0 radical (unpaired) electrons. The van der Waals surface area contributed by atoms with E-state index in [9.17, 15) is 0 Å². The summed E-state index contributed by atoms with van der Waals surface area (Å²) in [6.45, 7) is 3.11. The molecular weight excluding hydrogens is 242 g/mol. The Morgan fingerprint density at radius 3 is 2.94 bits per heavy atom. The van der Waals surface area contributed by atoms with Gasteiger partial charge >= 0.3 is 0 Å². The number of aromatic nitrogens is 1. The number of nitrogens with zero attached hydrogens (tertiary/aromatic N) is 1. The van der Waals surface area contributed by atoms with Gasteiger partial charge in [0.2, 0.25) is 0 Å². The Morgan fingerprint density at radius 2 is 2.22 bits per heavy atom. The second-order valence-electron chi connectivity index (χ2n) is 4.84. The third kappa shape index (κ3) is 2.99. The molecule has 1 heterocycles. The van der Waals surface area contributed by atoms with Crippen molar-refractivity contribution in [1.29, 1.82) is 0 Å². The number of unbranched alkanes of at least 4 members (excludes halogenated alkanes) is 1. The average Bonchev–Trinajstić information content (AvgIpc) is 2.38. The van der Waals surface area contributed by atoms with Crippen molar-refractivity contribution in [2.45, 2.75) is 45.4 Å². The number of aryl methyl sites for hydroxylation is 2. The van der Waals surface area contributed by atoms with E-state index in [1.54, 1.807) is 0 Å². The number of nitrogens with one attached hydrogen (secondary N) is 1. The standard InChI is InChI=1S/C14H21N3S/c1-2-3-8-16-14-11(13(15)18)9-10-6-4-5-7-12(10)17-14/h9H,2-8H2,1H3,(H2,15,18)(H,16,17). The van der Waals surface area contributed by atoms with E-state index in [0.717, 1.165) is 37.2 Å². The normalized spacial score (nSPS) is 14.1. The lowest BCUT2D eigenvalue weighted by molar-refractivity contribution is 0.668. The van der Waals surface area contributed by atoms with Crippen molar-refractivity contribution in [2.75, 3.05) is 11.9 Å². The monoisotopic (exact) mass is 263 g/mol. The van der Waals surface area contributed by atoms with Gasteiger partial charge in [-0.25, -0.2) is 4.98 Å². The minimum absolute atomic E-state index is 0.440. The number of nitrogens with two attached hydrogens (primary N) is 1. The largest absolute Gasteiger partial charge is 0.389 e. The Hall–Kier alpha value is -1.16. The summed E-state index contributed by atoms with van der Waals surface area (Å²) >= 11 is 5.13. The van der Waals surface area contributed by atoms with Crippen LogP contribution in [-0.4, -0.2) is 16.5 Å². The number of thiocarbonyl (C=S) groups is 1. The van der Waals surface area contributed by atoms with Crippen molar-refractivity contribution in [3.05, 3.63) is 22.9 Å². The van der Waals surface area contributed by atoms with Gasteiger partial charge in [-0.3, -0.25) is 0 Å². The molecule has 98 valence electrons. The number of rotatable bonds is 5. The highest BCUT2D eigenvalue weighted by atomic mass is 32.1. The van der Waals surface area contributed by atoms with Crippen LogP contribution in [0.2, 0.25) is 0 Å². The molecule has 3 nitrogen and oxygen atoms in total. The van der Waals surface area contributed by atoms with E-state index in [0.29, 0.717) is 4.99 Å². The lowest BCUT2D eigenvalue weighted by Crippen LogP contribution is -2.18. The van der Waals surface area contributed by atoms with Gasteiger partial charge in [0.15, 0.2) is 0 Å². The second-order valence-corrected chi connectivity index (χ2v) is 5.28. The fraction of sp³-hybridized carbons (Fsp3) is 0.571. The molecular formula is C14H21N3S. The Kier molecular flexibility index (Phi) is 4.53. The zero-order valence-corrected chi connectivity index (χ0v) is 11.8. The van der Waals surface area contributed by atoms with Gasteiger partial charge in [0.1, 0.15) is 10.8 Å². The molecule has 4 heteroatoms. The molecule has 0 saturated carbocycles. The van der Waals surface area contributed by atoms with Gasteiger partial charge in [-0.15, -0.1) is 0 Å². The fourth-order valence-electron chi connectivity index (χ4n) is 2.34. The van der Waals surface area contributed by atoms with Gasteiger partial charge in [0.25, 0.3) is 0 Å². The van der Waals surface area contributed by atoms with Crippen LogP contribution in [0.4, 0.5) is 5.82 Å². The topological polar surface area (TPSA) is 50.9 Å². The Morgan fingerprint density at radius 1 is 1.44 bits per heavy atom. The van der Waals surface area contributed by atoms with Crippen LogP contribution in [0.3, 0.4) is 0 Å². The van der Waals surface area contributed by atoms with E-state index in [4.69, 9.17) is 22.9 Å². The first-order valence-electron chi connectivity index (χ1n) is 6.79. The smallest absolute Gasteiger partial charge is 0.136 e. The third-order valence-corrected chi connectivity index (χ3v) is 3.61. The molecule has 0 aliphatic heterocycles. The summed E-state index contributed by atoms with van der Waals surface area (Å²) in [5.74, 6) is 0.872. The molecule has 1 aromatic rings. The third-order valence-electron chi connectivity index (χ3n) is 3.39. The van der Waals surface area contributed by atoms with Crippen molar-refractivity contribution in [3.63, 3.8) is 0 Å². The summed E-state index contributed by atoms with van der Waals surface area (Å²) in [6, 6.07) is 2.14. The zero-order valence-electron chi connectivity index (χ0n) is 11.0. The predicted molar refractivity (Wildman–Crippen MR) is 80.2 cm³/mol. The summed E-state index contributed by atoms with van der Waals surface area (Å²) in [7, 11) is 0. The Balaban J connectivity index is 2.27. The van der Waals surface area contributed by atoms with Crippen LogP contribution in [0.1, 0.15) is 49.4 Å². The molecule has 0 amide bonds. The summed E-state index contributed by atoms with van der Waals surface area (Å²) in [6.07, 6.45) is 6.97. The van der Waals surface area contributed by atoms with Gasteiger partial charge in [-0.05, 0) is 43.7 Å². The van der Waals surface area contributed by atoms with Gasteiger partial charge in [-0.1, -0.05) is 25.6 Å². The van der Waals surface area contributed by atoms with Gasteiger partial charge in [0, 0.05) is 12.2 Å². The van der Waals surface area contributed by atoms with Crippen LogP contribution in [-0.2, 0) is 12.8 Å². The van der Waals surface area contributed by atoms with Crippen molar-refractivity contribution >= 4 is 23.0 Å². The van der Waals surface area contributed by atoms with Crippen LogP contribution in [0.25, 0.3) is 0 Å². The number of fused-ring (bicyclic) bond motifs is 1. The first-order chi connectivity index (χ1) is 8.72. The van der Waals surface area contributed by atoms with Crippen molar-refractivity contribution in [2.24, 2.45) is 5.73 Å². The van der Waals surface area contributed by atoms with E-state index in [2.05, 4.69) is 18.3 Å². The minimum Gasteiger partial charge on any atom is -0.389 e. The zero-order chi connectivity index (χ0) is 13.0. The molecule has 0 aromatic carbocycles. The SMILES string of the molecule is CCCCNc1nc2c(cc1C(N)=S)CCCC2. The maximum absolute atomic E-state index is 5.80. The van der Waals surface area contributed by atoms with E-state index < -0.39 is 0 Å². The first kappa shape index (κ1) is 13.3. The van der Waals surface area contributed by atoms with Gasteiger partial charge in [0.05, 0.1) is 5.56 Å². The van der Waals surface area contributed by atoms with Crippen LogP contribution >= 0.6 is 12.2 Å². The van der Waals surface area contributed by atoms with Crippen LogP contribution < -0.4 is 11.1 Å². The average molecular weight is 263 g/mol. The number of hydrogen-bond acceptors (Lipinski definition) is 3. The molecule has 2 rings (SSSR count). The van der Waals surface area contributed by atoms with E-state index in [1.165, 1.54) is 30.5 Å². The van der Waals surface area contributed by atoms with Crippen molar-refractivity contribution in [3.8, 4) is 0 Å². The van der Waals surface area contributed by atoms with Crippen LogP contribution in [0.5, 0.6) is 0 Å². The minimum atomic E-state index is 0.440. The van der Waals surface area contributed by atoms with E-state index in [-0.39, 0.29) is 0 Å². The van der Waals surface area contributed by atoms with Crippen molar-refractivity contribution < 1.29 is 0 Å². The number of pyridine rings is 1. The number of hydrogen-bond donors (Lipinski definition) is 2. The lowest BCUT2D eigenvalue weighted by atomic mass is 9.94. The summed E-state index contributed by atoms with van der Waals surface area (Å²) in [5.41, 5.74) is 9.25. The summed E-state index contributed by atoms with van der Waals surface area (Å²) in [5, 5.41) is 3.37. The van der Waals surface area contributed by atoms with E-state index >= 15 is 0 Å². The molecule has 1 aliphatic rings. The predicted octanol–water partition coefficient (Wildman–Crippen LogP) is 2.81. The quantitative estimate of drug-likeness (QED) is 0.633. The van der Waals surface area contributed by atoms with Gasteiger partial charge < -0.3 is 11.1 Å². The molecule has 0 bridgehead atoms. The molecule has 0 spiro atoms. The molecule has 0 unspecified atom stereocenters. The molecule has 0 atom stereocenters. The molecule has 0 fully saturated rings. The molecule has 1 aromatic heterocycles. The summed E-state index contributed by atoms with van der Waals surface area (Å²) < 4.78 is 0. The fourth-order valence-corrected chi connectivity index (χ4v) is 2.50. The van der Waals surface area contributed by atoms with Gasteiger partial charge in [-0.2, -0.15) is 0 Å². The van der Waals surface area contributed by atoms with Crippen molar-refractivity contribution in [1.82, 2.24) is 4.98 Å². The molecule has 3 N–H and O–H groups in total. The highest BCUT2D eigenvalue weighted by Gasteiger charge is 2.16. The Bertz CT molecular complexity index is 443. The maximum atomic E-state index is 5.80. The Labute approximate surface area is 114 Å². The van der Waals surface area contributed by atoms with Crippen LogP contribution in [0.15, 0.2) is 6.07 Å². The highest BCUT2D eigenvalue weighted by Crippen LogP contribution is 2.24.